The number of nitrogens with one attached hydrogen (secondary N) is 2. The Morgan fingerprint density at radius 1 is 0.587 bits per heavy atom. The third-order valence-electron chi connectivity index (χ3n) is 13.0. The summed E-state index contributed by atoms with van der Waals surface area (Å²) in [5, 5.41) is 20.5. The molecule has 2 aliphatic heterocycles. The summed E-state index contributed by atoms with van der Waals surface area (Å²) in [5.74, 6) is 1.19. The SMILES string of the molecule is CC(=O)N1CCN(CCCO)CC1.COc1cc2c(Oc3ccc4[nH]c(C)cc4c3F)ncnc2cc1O.COc1cc2c(Oc3ccc4[nH]c(C)cc4c3F)ncnc2cc1OCCCN1CCN(C(C)=O)CC1. The van der Waals surface area contributed by atoms with Gasteiger partial charge in [-0.05, 0) is 75.2 Å². The average Bonchev–Trinajstić information content (AvgIpc) is 4.00. The van der Waals surface area contributed by atoms with Gasteiger partial charge in [0, 0.05) is 131 Å². The van der Waals surface area contributed by atoms with Gasteiger partial charge in [-0.15, -0.1) is 0 Å². The fraction of sp³-hybridized carbons (Fsp3) is 0.370. The molecule has 21 heteroatoms. The number of aromatic amines is 2. The Morgan fingerprint density at radius 3 is 1.52 bits per heavy atom. The van der Waals surface area contributed by atoms with E-state index in [4.69, 9.17) is 28.8 Å². The minimum Gasteiger partial charge on any atom is -0.504 e. The van der Waals surface area contributed by atoms with Gasteiger partial charge >= 0.3 is 0 Å². The number of hydrogen-bond acceptors (Lipinski definition) is 15. The molecule has 0 bridgehead atoms. The van der Waals surface area contributed by atoms with E-state index in [9.17, 15) is 19.1 Å². The summed E-state index contributed by atoms with van der Waals surface area (Å²) in [6, 6.07) is 16.6. The smallest absolute Gasteiger partial charge is 0.230 e. The molecule has 19 nitrogen and oxygen atoms in total. The number of amides is 2. The van der Waals surface area contributed by atoms with Crippen LogP contribution in [0.3, 0.4) is 0 Å². The molecule has 6 heterocycles. The highest BCUT2D eigenvalue weighted by Gasteiger charge is 2.21. The van der Waals surface area contributed by atoms with Crippen LogP contribution < -0.4 is 23.7 Å². The van der Waals surface area contributed by atoms with Gasteiger partial charge in [-0.1, -0.05) is 0 Å². The van der Waals surface area contributed by atoms with Gasteiger partial charge in [0.25, 0.3) is 0 Å². The molecule has 2 amide bonds. The summed E-state index contributed by atoms with van der Waals surface area (Å²) in [5.41, 5.74) is 4.19. The number of rotatable bonds is 14. The highest BCUT2D eigenvalue weighted by atomic mass is 19.1. The van der Waals surface area contributed by atoms with Gasteiger partial charge < -0.3 is 53.7 Å². The van der Waals surface area contributed by atoms with Crippen molar-refractivity contribution >= 4 is 55.4 Å². The normalized spacial score (nSPS) is 14.1. The molecule has 0 spiro atoms. The molecule has 8 aromatic rings. The van der Waals surface area contributed by atoms with Crippen molar-refractivity contribution in [2.75, 3.05) is 92.9 Å². The second kappa shape index (κ2) is 24.4. The number of piperazine rings is 2. The molecular formula is C54H62F2N10O9. The Morgan fingerprint density at radius 2 is 1.05 bits per heavy atom. The van der Waals surface area contributed by atoms with Crippen LogP contribution in [0, 0.1) is 25.5 Å². The Kier molecular flexibility index (Phi) is 17.4. The van der Waals surface area contributed by atoms with Crippen molar-refractivity contribution in [2.24, 2.45) is 0 Å². The number of halogens is 2. The van der Waals surface area contributed by atoms with E-state index in [-0.39, 0.29) is 53.2 Å². The van der Waals surface area contributed by atoms with E-state index in [0.29, 0.717) is 61.7 Å². The number of aromatic nitrogens is 6. The standard InChI is InChI=1S/C27H30FN5O4.C18H14FN3O3.C9H18N2O2/c1-17-13-19-21(31-17)5-6-23(26(19)28)37-27-20-14-24(35-3)25(15-22(20)29-16-30-27)36-12-4-7-32-8-10-33(11-9-32)18(2)34;1-9-5-10-12(22-9)3-4-15(17(10)19)25-18-11-6-16(24-2)14(23)7-13(11)20-8-21-18;1-9(13)11-6-4-10(5-7-11)3-2-8-12/h5-6,13-16,31H,4,7-12H2,1-3H3;3-8,22-23H,1-2H3;12H,2-8H2,1H3. The summed E-state index contributed by atoms with van der Waals surface area (Å²) in [4.78, 5) is 53.8. The van der Waals surface area contributed by atoms with Crippen LogP contribution in [0.25, 0.3) is 43.6 Å². The maximum Gasteiger partial charge on any atom is 0.230 e. The summed E-state index contributed by atoms with van der Waals surface area (Å²) in [6.45, 7) is 16.4. The molecule has 4 aromatic heterocycles. The second-order valence-corrected chi connectivity index (χ2v) is 18.2. The zero-order valence-electron chi connectivity index (χ0n) is 42.9. The molecule has 0 aliphatic carbocycles. The molecule has 4 N–H and O–H groups in total. The monoisotopic (exact) mass is 1030 g/mol. The van der Waals surface area contributed by atoms with E-state index in [2.05, 4.69) is 39.7 Å². The average molecular weight is 1030 g/mol. The molecule has 4 aromatic carbocycles. The lowest BCUT2D eigenvalue weighted by atomic mass is 10.2. The van der Waals surface area contributed by atoms with Crippen molar-refractivity contribution < 1.29 is 52.3 Å². The first-order valence-electron chi connectivity index (χ1n) is 24.7. The molecule has 75 heavy (non-hydrogen) atoms. The number of hydrogen-bond donors (Lipinski definition) is 4. The van der Waals surface area contributed by atoms with Crippen LogP contribution in [0.5, 0.6) is 46.3 Å². The van der Waals surface area contributed by atoms with E-state index >= 15 is 4.39 Å². The van der Waals surface area contributed by atoms with Gasteiger partial charge in [0.05, 0.1) is 42.6 Å². The van der Waals surface area contributed by atoms with Crippen LogP contribution >= 0.6 is 0 Å². The van der Waals surface area contributed by atoms with Crippen molar-refractivity contribution in [1.29, 1.82) is 0 Å². The van der Waals surface area contributed by atoms with Crippen LogP contribution in [0.4, 0.5) is 8.78 Å². The minimum absolute atomic E-state index is 0.0463. The van der Waals surface area contributed by atoms with E-state index < -0.39 is 11.6 Å². The number of aliphatic hydroxyl groups is 1. The highest BCUT2D eigenvalue weighted by Crippen LogP contribution is 2.39. The highest BCUT2D eigenvalue weighted by molar-refractivity contribution is 5.89. The number of aromatic hydroxyl groups is 1. The lowest BCUT2D eigenvalue weighted by Crippen LogP contribution is -2.48. The predicted octanol–water partition coefficient (Wildman–Crippen LogP) is 7.89. The van der Waals surface area contributed by atoms with Crippen molar-refractivity contribution in [3.8, 4) is 46.3 Å². The van der Waals surface area contributed by atoms with Crippen molar-refractivity contribution in [2.45, 2.75) is 40.5 Å². The maximum absolute atomic E-state index is 15.1. The Balaban J connectivity index is 0.000000168. The van der Waals surface area contributed by atoms with Crippen molar-refractivity contribution in [3.63, 3.8) is 0 Å². The number of carbonyl (C=O) groups is 2. The third kappa shape index (κ3) is 12.9. The molecule has 0 unspecified atom stereocenters. The molecule has 396 valence electrons. The second-order valence-electron chi connectivity index (χ2n) is 18.2. The van der Waals surface area contributed by atoms with E-state index in [1.165, 1.54) is 25.8 Å². The Labute approximate surface area is 432 Å². The number of ether oxygens (including phenoxy) is 5. The molecule has 0 saturated carbocycles. The number of aryl methyl sites for hydroxylation is 2. The van der Waals surface area contributed by atoms with Gasteiger partial charge in [0.15, 0.2) is 46.1 Å². The number of benzene rings is 4. The number of carbonyl (C=O) groups excluding carboxylic acids is 2. The van der Waals surface area contributed by atoms with E-state index in [1.807, 2.05) is 23.6 Å². The molecule has 2 fully saturated rings. The third-order valence-corrected chi connectivity index (χ3v) is 13.0. The quantitative estimate of drug-likeness (QED) is 0.0762. The summed E-state index contributed by atoms with van der Waals surface area (Å²) in [6.07, 6.45) is 4.34. The zero-order valence-corrected chi connectivity index (χ0v) is 42.9. The van der Waals surface area contributed by atoms with Crippen LogP contribution in [-0.2, 0) is 9.59 Å². The number of fused-ring (bicyclic) bond motifs is 4. The van der Waals surface area contributed by atoms with Crippen LogP contribution in [0.1, 0.15) is 38.1 Å². The molecule has 0 atom stereocenters. The molecule has 10 rings (SSSR count). The van der Waals surface area contributed by atoms with Gasteiger partial charge in [0.2, 0.25) is 23.6 Å². The maximum atomic E-state index is 15.1. The first-order valence-corrected chi connectivity index (χ1v) is 24.7. The Bertz CT molecular complexity index is 3280. The van der Waals surface area contributed by atoms with Crippen LogP contribution in [-0.4, -0.2) is 164 Å². The number of phenolic OH excluding ortho intramolecular Hbond substituents is 1. The van der Waals surface area contributed by atoms with Crippen molar-refractivity contribution in [3.05, 3.63) is 96.3 Å². The summed E-state index contributed by atoms with van der Waals surface area (Å²) >= 11 is 0. The number of H-pyrrole nitrogens is 2. The topological polar surface area (TPSA) is 217 Å². The van der Waals surface area contributed by atoms with E-state index in [1.54, 1.807) is 75.6 Å². The first kappa shape index (κ1) is 53.4. The summed E-state index contributed by atoms with van der Waals surface area (Å²) in [7, 11) is 3.00. The van der Waals surface area contributed by atoms with Crippen molar-refractivity contribution in [1.82, 2.24) is 49.5 Å². The predicted molar refractivity (Wildman–Crippen MR) is 279 cm³/mol. The van der Waals surface area contributed by atoms with Crippen LogP contribution in [0.2, 0.25) is 0 Å². The van der Waals surface area contributed by atoms with Gasteiger partial charge in [-0.25, -0.2) is 28.7 Å². The van der Waals surface area contributed by atoms with Gasteiger partial charge in [-0.2, -0.15) is 0 Å². The number of methoxy groups -OCH3 is 2. The zero-order chi connectivity index (χ0) is 53.2. The van der Waals surface area contributed by atoms with Gasteiger partial charge in [0.1, 0.15) is 12.7 Å². The molecule has 2 aliphatic rings. The Hall–Kier alpha value is -7.88. The molecule has 2 saturated heterocycles. The van der Waals surface area contributed by atoms with E-state index in [0.717, 1.165) is 89.7 Å². The number of phenols is 1. The first-order chi connectivity index (χ1) is 36.2. The summed E-state index contributed by atoms with van der Waals surface area (Å²) < 4.78 is 58.1. The molecular weight excluding hydrogens is 971 g/mol. The number of nitrogens with zero attached hydrogens (tertiary/aromatic N) is 8. The largest absolute Gasteiger partial charge is 0.504 e. The lowest BCUT2D eigenvalue weighted by molar-refractivity contribution is -0.131. The minimum atomic E-state index is -0.473. The fourth-order valence-corrected chi connectivity index (χ4v) is 8.97. The lowest BCUT2D eigenvalue weighted by Gasteiger charge is -2.34. The molecule has 0 radical (unpaired) electrons. The number of aliphatic hydroxyl groups excluding tert-OH is 1. The fourth-order valence-electron chi connectivity index (χ4n) is 8.97. The van der Waals surface area contributed by atoms with Gasteiger partial charge in [-0.3, -0.25) is 19.4 Å². The van der Waals surface area contributed by atoms with Crippen LogP contribution in [0.15, 0.2) is 73.3 Å².